The number of aromatic nitrogens is 3. The summed E-state index contributed by atoms with van der Waals surface area (Å²) in [4.78, 5) is 0.0544. The number of nitrogens with zero attached hydrogens (tertiary/aromatic N) is 3. The van der Waals surface area contributed by atoms with Crippen molar-refractivity contribution in [3.63, 3.8) is 0 Å². The van der Waals surface area contributed by atoms with Crippen molar-refractivity contribution >= 4 is 26.0 Å². The van der Waals surface area contributed by atoms with Crippen LogP contribution in [0, 0.1) is 0 Å². The maximum absolute atomic E-state index is 12.1. The van der Waals surface area contributed by atoms with Gasteiger partial charge in [-0.2, -0.15) is 0 Å². The second kappa shape index (κ2) is 6.48. The largest absolute Gasteiger partial charge is 0.452 e. The zero-order valence-corrected chi connectivity index (χ0v) is 12.9. The van der Waals surface area contributed by atoms with Crippen molar-refractivity contribution in [2.24, 2.45) is 5.73 Å². The van der Waals surface area contributed by atoms with Gasteiger partial charge in [-0.1, -0.05) is 5.21 Å². The van der Waals surface area contributed by atoms with Gasteiger partial charge in [0.05, 0.1) is 12.7 Å². The van der Waals surface area contributed by atoms with Gasteiger partial charge in [-0.25, -0.2) is 13.1 Å². The van der Waals surface area contributed by atoms with Crippen LogP contribution in [0.2, 0.25) is 0 Å². The van der Waals surface area contributed by atoms with Gasteiger partial charge in [-0.15, -0.1) is 5.10 Å². The molecule has 2 heterocycles. The predicted octanol–water partition coefficient (Wildman–Crippen LogP) is 0.461. The molecule has 2 aromatic heterocycles. The summed E-state index contributed by atoms with van der Waals surface area (Å²) in [6, 6.07) is 1.41. The minimum Gasteiger partial charge on any atom is -0.452 e. The van der Waals surface area contributed by atoms with Crippen molar-refractivity contribution in [3.05, 3.63) is 28.9 Å². The maximum atomic E-state index is 12.1. The number of hydrogen-bond acceptors (Lipinski definition) is 6. The van der Waals surface area contributed by atoms with E-state index in [-0.39, 0.29) is 22.7 Å². The Labute approximate surface area is 124 Å². The summed E-state index contributed by atoms with van der Waals surface area (Å²) in [5.74, 6) is 0.403. The SMILES string of the molecule is NCc1cc(S(=O)(=O)NCCCn2ccnn2)c(Br)o1. The minimum atomic E-state index is -3.61. The van der Waals surface area contributed by atoms with Crippen LogP contribution < -0.4 is 10.5 Å². The number of nitrogens with one attached hydrogen (secondary N) is 1. The Kier molecular flexibility index (Phi) is 4.91. The van der Waals surface area contributed by atoms with Crippen LogP contribution in [0.1, 0.15) is 12.2 Å². The molecule has 0 unspecified atom stereocenters. The van der Waals surface area contributed by atoms with E-state index < -0.39 is 10.0 Å². The lowest BCUT2D eigenvalue weighted by molar-refractivity contribution is 0.483. The molecule has 0 fully saturated rings. The van der Waals surface area contributed by atoms with E-state index in [2.05, 4.69) is 31.0 Å². The highest BCUT2D eigenvalue weighted by Crippen LogP contribution is 2.25. The summed E-state index contributed by atoms with van der Waals surface area (Å²) in [7, 11) is -3.61. The molecule has 0 bridgehead atoms. The molecule has 3 N–H and O–H groups in total. The number of hydrogen-bond donors (Lipinski definition) is 2. The van der Waals surface area contributed by atoms with Crippen molar-refractivity contribution in [1.82, 2.24) is 19.7 Å². The van der Waals surface area contributed by atoms with Crippen LogP contribution in [-0.4, -0.2) is 30.0 Å². The number of halogens is 1. The molecule has 10 heteroatoms. The normalized spacial score (nSPS) is 11.9. The van der Waals surface area contributed by atoms with E-state index in [4.69, 9.17) is 10.2 Å². The molecule has 0 aliphatic heterocycles. The fourth-order valence-electron chi connectivity index (χ4n) is 1.56. The molecule has 0 aliphatic carbocycles. The van der Waals surface area contributed by atoms with Crippen LogP contribution in [-0.2, 0) is 23.1 Å². The molecule has 0 saturated carbocycles. The molecular formula is C10H14BrN5O3S. The molecule has 2 rings (SSSR count). The number of aryl methyl sites for hydroxylation is 1. The average molecular weight is 364 g/mol. The second-order valence-electron chi connectivity index (χ2n) is 3.97. The molecule has 0 amide bonds. The van der Waals surface area contributed by atoms with Gasteiger partial charge >= 0.3 is 0 Å². The van der Waals surface area contributed by atoms with Gasteiger partial charge in [-0.3, -0.25) is 4.68 Å². The van der Waals surface area contributed by atoms with E-state index in [0.29, 0.717) is 18.7 Å². The summed E-state index contributed by atoms with van der Waals surface area (Å²) < 4.78 is 33.6. The van der Waals surface area contributed by atoms with E-state index in [0.717, 1.165) is 0 Å². The monoisotopic (exact) mass is 363 g/mol. The van der Waals surface area contributed by atoms with Crippen LogP contribution in [0.4, 0.5) is 0 Å². The van der Waals surface area contributed by atoms with E-state index in [9.17, 15) is 8.42 Å². The molecule has 0 aliphatic rings. The standard InChI is InChI=1S/C10H14BrN5O3S/c11-10-9(6-8(7-12)19-10)20(17,18)14-2-1-4-16-5-3-13-15-16/h3,5-6,14H,1-2,4,7,12H2. The molecule has 0 aromatic carbocycles. The number of furan rings is 1. The van der Waals surface area contributed by atoms with E-state index in [1.165, 1.54) is 6.07 Å². The second-order valence-corrected chi connectivity index (χ2v) is 6.43. The lowest BCUT2D eigenvalue weighted by Gasteiger charge is -2.05. The fourth-order valence-corrected chi connectivity index (χ4v) is 3.63. The smallest absolute Gasteiger partial charge is 0.244 e. The van der Waals surface area contributed by atoms with Crippen LogP contribution in [0.15, 0.2) is 32.4 Å². The third-order valence-electron chi connectivity index (χ3n) is 2.53. The summed E-state index contributed by atoms with van der Waals surface area (Å²) in [6.07, 6.45) is 3.89. The summed E-state index contributed by atoms with van der Waals surface area (Å²) in [5, 5.41) is 7.45. The molecular weight excluding hydrogens is 350 g/mol. The van der Waals surface area contributed by atoms with Gasteiger partial charge in [0.1, 0.15) is 10.7 Å². The van der Waals surface area contributed by atoms with Crippen molar-refractivity contribution in [1.29, 1.82) is 0 Å². The average Bonchev–Trinajstić information content (AvgIpc) is 3.04. The third-order valence-corrected chi connectivity index (χ3v) is 4.84. The molecule has 20 heavy (non-hydrogen) atoms. The van der Waals surface area contributed by atoms with Crippen LogP contribution in [0.25, 0.3) is 0 Å². The lowest BCUT2D eigenvalue weighted by Crippen LogP contribution is -2.25. The van der Waals surface area contributed by atoms with Crippen molar-refractivity contribution < 1.29 is 12.8 Å². The van der Waals surface area contributed by atoms with Crippen molar-refractivity contribution in [2.45, 2.75) is 24.4 Å². The summed E-state index contributed by atoms with van der Waals surface area (Å²) in [6.45, 7) is 1.02. The Balaban J connectivity index is 1.91. The van der Waals surface area contributed by atoms with Gasteiger partial charge in [-0.05, 0) is 22.4 Å². The Hall–Kier alpha value is -1.23. The highest BCUT2D eigenvalue weighted by molar-refractivity contribution is 9.10. The van der Waals surface area contributed by atoms with E-state index in [1.54, 1.807) is 17.1 Å². The van der Waals surface area contributed by atoms with E-state index in [1.807, 2.05) is 0 Å². The van der Waals surface area contributed by atoms with Crippen LogP contribution in [0.3, 0.4) is 0 Å². The first kappa shape index (κ1) is 15.2. The van der Waals surface area contributed by atoms with Gasteiger partial charge in [0, 0.05) is 25.4 Å². The van der Waals surface area contributed by atoms with Crippen molar-refractivity contribution in [2.75, 3.05) is 6.54 Å². The van der Waals surface area contributed by atoms with Gasteiger partial charge in [0.25, 0.3) is 0 Å². The van der Waals surface area contributed by atoms with Gasteiger partial charge in [0.15, 0.2) is 4.67 Å². The van der Waals surface area contributed by atoms with E-state index >= 15 is 0 Å². The predicted molar refractivity (Wildman–Crippen MR) is 74.1 cm³/mol. The quantitative estimate of drug-likeness (QED) is 0.690. The van der Waals surface area contributed by atoms with Crippen molar-refractivity contribution in [3.8, 4) is 0 Å². The van der Waals surface area contributed by atoms with Gasteiger partial charge < -0.3 is 10.2 Å². The molecule has 110 valence electrons. The molecule has 0 atom stereocenters. The van der Waals surface area contributed by atoms with Gasteiger partial charge in [0.2, 0.25) is 10.0 Å². The lowest BCUT2D eigenvalue weighted by atomic mass is 10.4. The zero-order valence-electron chi connectivity index (χ0n) is 10.5. The molecule has 2 aromatic rings. The Morgan fingerprint density at radius 1 is 1.50 bits per heavy atom. The topological polar surface area (TPSA) is 116 Å². The number of sulfonamides is 1. The molecule has 0 saturated heterocycles. The van der Waals surface area contributed by atoms with Crippen LogP contribution in [0.5, 0.6) is 0 Å². The number of nitrogens with two attached hydrogens (primary N) is 1. The maximum Gasteiger partial charge on any atom is 0.244 e. The molecule has 0 spiro atoms. The molecule has 0 radical (unpaired) electrons. The Morgan fingerprint density at radius 2 is 2.30 bits per heavy atom. The Morgan fingerprint density at radius 3 is 2.90 bits per heavy atom. The zero-order chi connectivity index (χ0) is 14.6. The fraction of sp³-hybridized carbons (Fsp3) is 0.400. The first-order valence-electron chi connectivity index (χ1n) is 5.85. The summed E-state index contributed by atoms with van der Waals surface area (Å²) in [5.41, 5.74) is 5.41. The summed E-state index contributed by atoms with van der Waals surface area (Å²) >= 11 is 3.07. The highest BCUT2D eigenvalue weighted by Gasteiger charge is 2.21. The number of rotatable bonds is 7. The first-order valence-corrected chi connectivity index (χ1v) is 8.12. The Bertz CT molecular complexity index is 652. The first-order chi connectivity index (χ1) is 9.53. The van der Waals surface area contributed by atoms with Crippen LogP contribution >= 0.6 is 15.9 Å². The third kappa shape index (κ3) is 3.66. The highest BCUT2D eigenvalue weighted by atomic mass is 79.9. The minimum absolute atomic E-state index is 0.0544. The molecule has 8 nitrogen and oxygen atoms in total.